The number of ether oxygens (including phenoxy) is 1. The van der Waals surface area contributed by atoms with Crippen molar-refractivity contribution in [3.8, 4) is 0 Å². The van der Waals surface area contributed by atoms with E-state index in [1.165, 1.54) is 6.08 Å². The lowest BCUT2D eigenvalue weighted by molar-refractivity contribution is -0.372. The average molecular weight is 445 g/mol. The standard InChI is InChI=1S/C20H29F6NO3/c1-17(2,15-4-3-5-27-15)16(28)30-10-14-8-11-6-12(14)7-13(11)9-18(29,19(21,22)23)20(24,25)26/h7,11,13-16,27-29H,3-6,8-10H2,1-2H3. The molecule has 5 unspecified atom stereocenters. The molecule has 2 bridgehead atoms. The van der Waals surface area contributed by atoms with Crippen LogP contribution in [0.3, 0.4) is 0 Å². The normalized spacial score (nSPS) is 31.3. The van der Waals surface area contributed by atoms with E-state index < -0.39 is 47.9 Å². The van der Waals surface area contributed by atoms with Crippen LogP contribution in [0.4, 0.5) is 26.3 Å². The van der Waals surface area contributed by atoms with Crippen molar-refractivity contribution in [1.82, 2.24) is 5.32 Å². The first-order valence-electron chi connectivity index (χ1n) is 10.3. The Morgan fingerprint density at radius 3 is 2.27 bits per heavy atom. The second-order valence-electron chi connectivity index (χ2n) is 9.52. The first-order valence-corrected chi connectivity index (χ1v) is 10.3. The Bertz CT molecular complexity index is 640. The summed E-state index contributed by atoms with van der Waals surface area (Å²) in [7, 11) is 0. The highest BCUT2D eigenvalue weighted by Crippen LogP contribution is 2.54. The van der Waals surface area contributed by atoms with E-state index in [0.29, 0.717) is 12.8 Å². The van der Waals surface area contributed by atoms with Crippen LogP contribution in [0.25, 0.3) is 0 Å². The zero-order valence-electron chi connectivity index (χ0n) is 17.0. The van der Waals surface area contributed by atoms with Gasteiger partial charge in [0.1, 0.15) is 0 Å². The Balaban J connectivity index is 1.60. The molecule has 3 rings (SSSR count). The van der Waals surface area contributed by atoms with Crippen molar-refractivity contribution in [3.63, 3.8) is 0 Å². The number of hydrogen-bond acceptors (Lipinski definition) is 4. The molecule has 2 aliphatic carbocycles. The Morgan fingerprint density at radius 2 is 1.80 bits per heavy atom. The number of hydrogen-bond donors (Lipinski definition) is 3. The molecule has 0 aromatic heterocycles. The molecule has 0 amide bonds. The van der Waals surface area contributed by atoms with Crippen molar-refractivity contribution < 1.29 is 41.3 Å². The lowest BCUT2D eigenvalue weighted by Crippen LogP contribution is -2.58. The molecular formula is C20H29F6NO3. The summed E-state index contributed by atoms with van der Waals surface area (Å²) in [5.41, 5.74) is -4.49. The second kappa shape index (κ2) is 7.94. The number of rotatable bonds is 7. The number of aliphatic hydroxyl groups excluding tert-OH is 1. The van der Waals surface area contributed by atoms with Crippen LogP contribution in [0.2, 0.25) is 0 Å². The molecule has 3 N–H and O–H groups in total. The van der Waals surface area contributed by atoms with Crippen LogP contribution in [0.1, 0.15) is 46.0 Å². The van der Waals surface area contributed by atoms with Gasteiger partial charge in [-0.1, -0.05) is 25.5 Å². The molecule has 0 aromatic carbocycles. The number of halogens is 6. The summed E-state index contributed by atoms with van der Waals surface area (Å²) in [5, 5.41) is 23.3. The predicted octanol–water partition coefficient (Wildman–Crippen LogP) is 3.93. The predicted molar refractivity (Wildman–Crippen MR) is 96.2 cm³/mol. The zero-order chi connectivity index (χ0) is 22.5. The Hall–Kier alpha value is -0.840. The van der Waals surface area contributed by atoms with Gasteiger partial charge in [0.2, 0.25) is 0 Å². The highest BCUT2D eigenvalue weighted by molar-refractivity contribution is 5.24. The number of aliphatic hydroxyl groups is 2. The highest BCUT2D eigenvalue weighted by Gasteiger charge is 2.71. The maximum absolute atomic E-state index is 13.0. The molecule has 10 heteroatoms. The molecule has 1 aliphatic heterocycles. The smallest absolute Gasteiger partial charge is 0.374 e. The van der Waals surface area contributed by atoms with Crippen molar-refractivity contribution in [2.24, 2.45) is 23.2 Å². The van der Waals surface area contributed by atoms with E-state index in [1.54, 1.807) is 0 Å². The van der Waals surface area contributed by atoms with Gasteiger partial charge < -0.3 is 20.3 Å². The summed E-state index contributed by atoms with van der Waals surface area (Å²) >= 11 is 0. The number of allylic oxidation sites excluding steroid dienone is 1. The summed E-state index contributed by atoms with van der Waals surface area (Å²) < 4.78 is 83.5. The SMILES string of the molecule is CC(C)(C1CCCN1)C(O)OCC1CC2CC1=CC2CC(O)(C(F)(F)F)C(F)(F)F. The van der Waals surface area contributed by atoms with Crippen LogP contribution >= 0.6 is 0 Å². The number of nitrogens with one attached hydrogen (secondary N) is 1. The maximum atomic E-state index is 13.0. The van der Waals surface area contributed by atoms with Gasteiger partial charge in [-0.3, -0.25) is 0 Å². The van der Waals surface area contributed by atoms with Crippen LogP contribution in [0, 0.1) is 23.2 Å². The Morgan fingerprint density at radius 1 is 1.17 bits per heavy atom. The van der Waals surface area contributed by atoms with Gasteiger partial charge in [-0.05, 0) is 44.1 Å². The van der Waals surface area contributed by atoms with E-state index in [9.17, 15) is 36.6 Å². The molecule has 0 radical (unpaired) electrons. The molecule has 3 aliphatic rings. The van der Waals surface area contributed by atoms with Crippen molar-refractivity contribution in [2.45, 2.75) is 76.2 Å². The van der Waals surface area contributed by atoms with Gasteiger partial charge in [-0.2, -0.15) is 26.3 Å². The van der Waals surface area contributed by atoms with E-state index in [0.717, 1.165) is 25.0 Å². The minimum absolute atomic E-state index is 0.110. The molecule has 0 aromatic rings. The van der Waals surface area contributed by atoms with Gasteiger partial charge in [-0.15, -0.1) is 0 Å². The topological polar surface area (TPSA) is 61.7 Å². The fourth-order valence-electron chi connectivity index (χ4n) is 5.06. The summed E-state index contributed by atoms with van der Waals surface area (Å²) in [6, 6.07) is 0.110. The quantitative estimate of drug-likeness (QED) is 0.316. The van der Waals surface area contributed by atoms with Crippen LogP contribution in [0.5, 0.6) is 0 Å². The monoisotopic (exact) mass is 445 g/mol. The zero-order valence-corrected chi connectivity index (χ0v) is 17.0. The summed E-state index contributed by atoms with van der Waals surface area (Å²) in [6.45, 7) is 4.83. The van der Waals surface area contributed by atoms with Crippen LogP contribution < -0.4 is 5.32 Å². The first kappa shape index (κ1) is 23.8. The largest absolute Gasteiger partial charge is 0.426 e. The van der Waals surface area contributed by atoms with Gasteiger partial charge in [0.25, 0.3) is 5.60 Å². The molecule has 2 fully saturated rings. The minimum atomic E-state index is -5.79. The molecule has 1 saturated carbocycles. The molecule has 1 saturated heterocycles. The van der Waals surface area contributed by atoms with E-state index in [1.807, 2.05) is 13.8 Å². The molecule has 5 atom stereocenters. The minimum Gasteiger partial charge on any atom is -0.374 e. The van der Waals surface area contributed by atoms with Gasteiger partial charge in [0.05, 0.1) is 6.61 Å². The molecule has 174 valence electrons. The van der Waals surface area contributed by atoms with E-state index in [2.05, 4.69) is 5.32 Å². The highest BCUT2D eigenvalue weighted by atomic mass is 19.4. The number of fused-ring (bicyclic) bond motifs is 2. The van der Waals surface area contributed by atoms with Gasteiger partial charge in [-0.25, -0.2) is 0 Å². The van der Waals surface area contributed by atoms with Crippen LogP contribution in [-0.2, 0) is 4.74 Å². The van der Waals surface area contributed by atoms with Crippen molar-refractivity contribution in [1.29, 1.82) is 0 Å². The maximum Gasteiger partial charge on any atom is 0.426 e. The van der Waals surface area contributed by atoms with Crippen molar-refractivity contribution in [2.75, 3.05) is 13.2 Å². The van der Waals surface area contributed by atoms with E-state index >= 15 is 0 Å². The molecular weight excluding hydrogens is 416 g/mol. The molecule has 30 heavy (non-hydrogen) atoms. The Labute approximate surface area is 171 Å². The summed E-state index contributed by atoms with van der Waals surface area (Å²) in [6.07, 6.45) is -9.90. The third-order valence-corrected chi connectivity index (χ3v) is 7.16. The first-order chi connectivity index (χ1) is 13.7. The average Bonchev–Trinajstić information content (AvgIpc) is 3.34. The lowest BCUT2D eigenvalue weighted by atomic mass is 9.79. The fourth-order valence-corrected chi connectivity index (χ4v) is 5.06. The van der Waals surface area contributed by atoms with Crippen molar-refractivity contribution >= 4 is 0 Å². The van der Waals surface area contributed by atoms with E-state index in [4.69, 9.17) is 4.74 Å². The Kier molecular flexibility index (Phi) is 6.30. The van der Waals surface area contributed by atoms with Gasteiger partial charge >= 0.3 is 12.4 Å². The van der Waals surface area contributed by atoms with E-state index in [-0.39, 0.29) is 18.6 Å². The van der Waals surface area contributed by atoms with Gasteiger partial charge in [0.15, 0.2) is 6.29 Å². The number of alkyl halides is 6. The lowest BCUT2D eigenvalue weighted by Gasteiger charge is -2.37. The van der Waals surface area contributed by atoms with Gasteiger partial charge in [0, 0.05) is 23.8 Å². The van der Waals surface area contributed by atoms with Crippen LogP contribution in [0.15, 0.2) is 11.6 Å². The van der Waals surface area contributed by atoms with Crippen molar-refractivity contribution in [3.05, 3.63) is 11.6 Å². The molecule has 4 nitrogen and oxygen atoms in total. The third kappa shape index (κ3) is 4.25. The molecule has 1 heterocycles. The summed E-state index contributed by atoms with van der Waals surface area (Å²) in [4.78, 5) is 0. The second-order valence-corrected chi connectivity index (χ2v) is 9.52. The fraction of sp³-hybridized carbons (Fsp3) is 0.900. The molecule has 0 spiro atoms. The van der Waals surface area contributed by atoms with Crippen LogP contribution in [-0.4, -0.2) is 53.7 Å². The third-order valence-electron chi connectivity index (χ3n) is 7.16. The summed E-state index contributed by atoms with van der Waals surface area (Å²) in [5.74, 6) is -1.53.